The molecular formula is C17H24N4O4. The summed E-state index contributed by atoms with van der Waals surface area (Å²) in [6.07, 6.45) is -0.648. The summed E-state index contributed by atoms with van der Waals surface area (Å²) in [6.45, 7) is 6.04. The third-order valence-electron chi connectivity index (χ3n) is 3.95. The van der Waals surface area contributed by atoms with E-state index in [0.717, 1.165) is 10.5 Å². The Morgan fingerprint density at radius 1 is 1.28 bits per heavy atom. The van der Waals surface area contributed by atoms with E-state index in [4.69, 9.17) is 0 Å². The van der Waals surface area contributed by atoms with Crippen LogP contribution in [-0.4, -0.2) is 47.2 Å². The fourth-order valence-electron chi connectivity index (χ4n) is 2.16. The smallest absolute Gasteiger partial charge is 0.324 e. The Hall–Kier alpha value is -2.61. The van der Waals surface area contributed by atoms with Crippen LogP contribution in [0.25, 0.3) is 0 Å². The lowest BCUT2D eigenvalue weighted by Gasteiger charge is -2.25. The number of hydrogen-bond acceptors (Lipinski definition) is 4. The first-order valence-corrected chi connectivity index (χ1v) is 8.07. The first-order valence-electron chi connectivity index (χ1n) is 8.07. The number of amides is 5. The number of nitrogens with one attached hydrogen (secondary N) is 3. The third kappa shape index (κ3) is 5.18. The van der Waals surface area contributed by atoms with Crippen molar-refractivity contribution in [2.45, 2.75) is 33.4 Å². The van der Waals surface area contributed by atoms with E-state index in [0.29, 0.717) is 5.69 Å². The first-order chi connectivity index (χ1) is 11.7. The molecule has 1 saturated heterocycles. The minimum atomic E-state index is -0.648. The van der Waals surface area contributed by atoms with E-state index in [1.54, 1.807) is 24.3 Å². The number of imide groups is 1. The number of hydrogen-bond donors (Lipinski definition) is 4. The number of urea groups is 2. The molecule has 1 atom stereocenters. The van der Waals surface area contributed by atoms with Gasteiger partial charge in [-0.3, -0.25) is 9.69 Å². The lowest BCUT2D eigenvalue weighted by Crippen LogP contribution is -2.40. The molecule has 0 spiro atoms. The van der Waals surface area contributed by atoms with E-state index in [2.05, 4.69) is 16.0 Å². The maximum absolute atomic E-state index is 11.9. The van der Waals surface area contributed by atoms with Gasteiger partial charge >= 0.3 is 12.1 Å². The normalized spacial score (nSPS) is 15.8. The van der Waals surface area contributed by atoms with E-state index in [9.17, 15) is 19.5 Å². The zero-order valence-corrected chi connectivity index (χ0v) is 14.6. The second-order valence-electron chi connectivity index (χ2n) is 7.05. The first kappa shape index (κ1) is 18.7. The Morgan fingerprint density at radius 3 is 2.44 bits per heavy atom. The molecule has 5 amide bonds. The SMILES string of the molecule is CC(C)(C)C(O)CNC(=O)Nc1ccc(CN2C(=O)CNC2=O)cc1. The van der Waals surface area contributed by atoms with Gasteiger partial charge in [0.1, 0.15) is 0 Å². The predicted molar refractivity (Wildman–Crippen MR) is 92.9 cm³/mol. The Bertz CT molecular complexity index is 636. The van der Waals surface area contributed by atoms with E-state index < -0.39 is 18.2 Å². The molecule has 1 aromatic carbocycles. The fourth-order valence-corrected chi connectivity index (χ4v) is 2.16. The predicted octanol–water partition coefficient (Wildman–Crippen LogP) is 1.27. The van der Waals surface area contributed by atoms with Crippen molar-refractivity contribution < 1.29 is 19.5 Å². The Labute approximate surface area is 146 Å². The van der Waals surface area contributed by atoms with E-state index in [-0.39, 0.29) is 31.0 Å². The molecule has 1 aliphatic rings. The summed E-state index contributed by atoms with van der Waals surface area (Å²) in [5, 5.41) is 17.7. The molecule has 25 heavy (non-hydrogen) atoms. The highest BCUT2D eigenvalue weighted by Gasteiger charge is 2.28. The molecule has 0 bridgehead atoms. The number of nitrogens with zero attached hydrogens (tertiary/aromatic N) is 1. The second kappa shape index (κ2) is 7.52. The highest BCUT2D eigenvalue weighted by atomic mass is 16.3. The van der Waals surface area contributed by atoms with Crippen molar-refractivity contribution in [3.05, 3.63) is 29.8 Å². The molecule has 8 nitrogen and oxygen atoms in total. The van der Waals surface area contributed by atoms with Crippen LogP contribution in [0.5, 0.6) is 0 Å². The average Bonchev–Trinajstić information content (AvgIpc) is 2.85. The van der Waals surface area contributed by atoms with Crippen molar-refractivity contribution >= 4 is 23.7 Å². The van der Waals surface area contributed by atoms with Gasteiger partial charge in [0.25, 0.3) is 0 Å². The van der Waals surface area contributed by atoms with E-state index in [1.165, 1.54) is 0 Å². The minimum absolute atomic E-state index is 0.0268. The summed E-state index contributed by atoms with van der Waals surface area (Å²) in [4.78, 5) is 36.1. The van der Waals surface area contributed by atoms with Crippen LogP contribution in [0, 0.1) is 5.41 Å². The van der Waals surface area contributed by atoms with Gasteiger partial charge in [-0.05, 0) is 23.1 Å². The minimum Gasteiger partial charge on any atom is -0.391 e. The molecule has 0 aliphatic carbocycles. The Morgan fingerprint density at radius 2 is 1.92 bits per heavy atom. The molecule has 136 valence electrons. The van der Waals surface area contributed by atoms with Crippen LogP contribution in [-0.2, 0) is 11.3 Å². The Balaban J connectivity index is 1.84. The van der Waals surface area contributed by atoms with Crippen LogP contribution in [0.15, 0.2) is 24.3 Å². The van der Waals surface area contributed by atoms with E-state index in [1.807, 2.05) is 20.8 Å². The molecule has 0 saturated carbocycles. The molecule has 1 heterocycles. The zero-order chi connectivity index (χ0) is 18.6. The van der Waals surface area contributed by atoms with Gasteiger partial charge in [-0.25, -0.2) is 9.59 Å². The van der Waals surface area contributed by atoms with Gasteiger partial charge < -0.3 is 21.1 Å². The summed E-state index contributed by atoms with van der Waals surface area (Å²) in [6, 6.07) is 6.03. The monoisotopic (exact) mass is 348 g/mol. The summed E-state index contributed by atoms with van der Waals surface area (Å²) in [7, 11) is 0. The topological polar surface area (TPSA) is 111 Å². The van der Waals surface area contributed by atoms with Gasteiger partial charge in [0, 0.05) is 12.2 Å². The summed E-state index contributed by atoms with van der Waals surface area (Å²) in [5.41, 5.74) is 1.04. The van der Waals surface area contributed by atoms with Gasteiger partial charge in [-0.1, -0.05) is 32.9 Å². The van der Waals surface area contributed by atoms with Crippen molar-refractivity contribution in [1.82, 2.24) is 15.5 Å². The van der Waals surface area contributed by atoms with E-state index >= 15 is 0 Å². The number of benzene rings is 1. The number of carbonyl (C=O) groups excluding carboxylic acids is 3. The highest BCUT2D eigenvalue weighted by molar-refractivity contribution is 6.01. The van der Waals surface area contributed by atoms with Crippen LogP contribution in [0.1, 0.15) is 26.3 Å². The average molecular weight is 348 g/mol. The molecule has 1 aromatic rings. The summed E-state index contributed by atoms with van der Waals surface area (Å²) < 4.78 is 0. The van der Waals surface area contributed by atoms with Crippen LogP contribution in [0.4, 0.5) is 15.3 Å². The molecule has 8 heteroatoms. The van der Waals surface area contributed by atoms with Crippen molar-refractivity contribution in [3.8, 4) is 0 Å². The summed E-state index contributed by atoms with van der Waals surface area (Å²) in [5.74, 6) is -0.260. The molecule has 0 aromatic heterocycles. The number of anilines is 1. The Kier molecular flexibility index (Phi) is 5.63. The molecular weight excluding hydrogens is 324 g/mol. The fraction of sp³-hybridized carbons (Fsp3) is 0.471. The van der Waals surface area contributed by atoms with Crippen molar-refractivity contribution in [3.63, 3.8) is 0 Å². The van der Waals surface area contributed by atoms with Crippen molar-refractivity contribution in [2.75, 3.05) is 18.4 Å². The van der Waals surface area contributed by atoms with Gasteiger partial charge in [0.15, 0.2) is 0 Å². The van der Waals surface area contributed by atoms with Crippen LogP contribution in [0.2, 0.25) is 0 Å². The summed E-state index contributed by atoms with van der Waals surface area (Å²) >= 11 is 0. The zero-order valence-electron chi connectivity index (χ0n) is 14.6. The lowest BCUT2D eigenvalue weighted by atomic mass is 9.89. The maximum Gasteiger partial charge on any atom is 0.324 e. The molecule has 4 N–H and O–H groups in total. The molecule has 0 radical (unpaired) electrons. The quantitative estimate of drug-likeness (QED) is 0.601. The van der Waals surface area contributed by atoms with Gasteiger partial charge in [-0.2, -0.15) is 0 Å². The standard InChI is InChI=1S/C17H24N4O4/c1-17(2,3)13(22)8-18-15(24)20-12-6-4-11(5-7-12)10-21-14(23)9-19-16(21)25/h4-7,13,22H,8-10H2,1-3H3,(H,19,25)(H2,18,20,24). The van der Waals surface area contributed by atoms with Crippen LogP contribution >= 0.6 is 0 Å². The third-order valence-corrected chi connectivity index (χ3v) is 3.95. The molecule has 1 unspecified atom stereocenters. The molecule has 1 aliphatic heterocycles. The molecule has 2 rings (SSSR count). The number of rotatable bonds is 5. The number of carbonyl (C=O) groups is 3. The van der Waals surface area contributed by atoms with Crippen LogP contribution < -0.4 is 16.0 Å². The number of aliphatic hydroxyl groups excluding tert-OH is 1. The maximum atomic E-state index is 11.9. The van der Waals surface area contributed by atoms with Crippen molar-refractivity contribution in [2.24, 2.45) is 5.41 Å². The van der Waals surface area contributed by atoms with Gasteiger partial charge in [0.2, 0.25) is 5.91 Å². The van der Waals surface area contributed by atoms with Crippen LogP contribution in [0.3, 0.4) is 0 Å². The van der Waals surface area contributed by atoms with Crippen molar-refractivity contribution in [1.29, 1.82) is 0 Å². The largest absolute Gasteiger partial charge is 0.391 e. The highest BCUT2D eigenvalue weighted by Crippen LogP contribution is 2.18. The van der Waals surface area contributed by atoms with Gasteiger partial charge in [0.05, 0.1) is 19.2 Å². The molecule has 1 fully saturated rings. The lowest BCUT2D eigenvalue weighted by molar-refractivity contribution is -0.125. The number of aliphatic hydroxyl groups is 1. The van der Waals surface area contributed by atoms with Gasteiger partial charge in [-0.15, -0.1) is 0 Å². The second-order valence-corrected chi connectivity index (χ2v) is 7.05.